The van der Waals surface area contributed by atoms with Gasteiger partial charge in [-0.2, -0.15) is 0 Å². The fraction of sp³-hybridized carbons (Fsp3) is 0.273. The van der Waals surface area contributed by atoms with Crippen molar-refractivity contribution in [3.63, 3.8) is 0 Å². The number of fused-ring (bicyclic) bond motifs is 13. The molecule has 0 unspecified atom stereocenters. The Kier molecular flexibility index (Phi) is 11.4. The minimum atomic E-state index is -0.273. The molecule has 1 aliphatic heterocycles. The van der Waals surface area contributed by atoms with Crippen molar-refractivity contribution >= 4 is 84.5 Å². The molecule has 0 atom stereocenters. The van der Waals surface area contributed by atoms with Crippen LogP contribution in [0, 0.1) is 0 Å². The van der Waals surface area contributed by atoms with Crippen molar-refractivity contribution in [2.75, 3.05) is 5.32 Å². The summed E-state index contributed by atoms with van der Waals surface area (Å²) in [6.45, 7) is 32.4. The molecule has 1 aliphatic carbocycles. The largest absolute Gasteiger partial charge is 0.469 e. The molecular formula is C77H75BN2O2. The number of anilines is 2. The van der Waals surface area contributed by atoms with Crippen LogP contribution in [0.4, 0.5) is 11.4 Å². The maximum atomic E-state index is 7.08. The standard InChI is InChI=1S/C77H75BN2O2/c1-73(2,3)47-24-20-45(21-25-47)56(46-22-26-48(27-23-46)74(4,5)6)37-44-19-33-52-57-40-58(64(42-63(57)77(13,14)62(52)38-44)79-51-31-28-49(29-32-51)75(7,8)9)54-34-35-55-59-41-60-53-17-15-16-18-66(53)81-68(60)43-65(59)80-70(55)69(54)78-72-71(80)61-39-50(76(10,11)12)30-36-67(61)82-72/h15-36,38-43,56,78-79H,37H2,1-14H3. The minimum Gasteiger partial charge on any atom is -0.469 e. The van der Waals surface area contributed by atoms with E-state index in [1.165, 1.54) is 94.1 Å². The van der Waals surface area contributed by atoms with Crippen molar-refractivity contribution in [2.45, 2.75) is 136 Å². The number of nitrogens with one attached hydrogen (secondary N) is 1. The SMILES string of the molecule is CC(C)(C)c1ccc(Nc2cc3c(cc2-c2ccc4c5cc6c(cc5n5c4c2Bc2oc4ccc(C(C)(C)C)cc4c2-5)oc2ccccc26)-c2ccc(CC(c4ccc(C(C)(C)C)cc4)c4ccc(C(C)(C)C)cc4)cc2C3(C)C)cc1. The molecule has 4 heterocycles. The molecule has 82 heavy (non-hydrogen) atoms. The molecule has 408 valence electrons. The highest BCUT2D eigenvalue weighted by atomic mass is 16.3. The van der Waals surface area contributed by atoms with Gasteiger partial charge in [0.05, 0.1) is 16.9 Å². The van der Waals surface area contributed by atoms with Gasteiger partial charge in [0.2, 0.25) is 7.28 Å². The van der Waals surface area contributed by atoms with Crippen LogP contribution in [0.3, 0.4) is 0 Å². The van der Waals surface area contributed by atoms with Gasteiger partial charge < -0.3 is 18.7 Å². The average molecular weight is 1070 g/mol. The molecule has 14 rings (SSSR count). The predicted molar refractivity (Wildman–Crippen MR) is 350 cm³/mol. The first-order valence-electron chi connectivity index (χ1n) is 29.8. The molecule has 0 radical (unpaired) electrons. The molecule has 9 aromatic carbocycles. The van der Waals surface area contributed by atoms with Crippen molar-refractivity contribution in [1.29, 1.82) is 0 Å². The van der Waals surface area contributed by atoms with Crippen LogP contribution < -0.4 is 16.4 Å². The monoisotopic (exact) mass is 1070 g/mol. The summed E-state index contributed by atoms with van der Waals surface area (Å²) >= 11 is 0. The number of benzene rings is 9. The van der Waals surface area contributed by atoms with Crippen LogP contribution in [0.5, 0.6) is 0 Å². The predicted octanol–water partition coefficient (Wildman–Crippen LogP) is 19.4. The van der Waals surface area contributed by atoms with Gasteiger partial charge in [-0.25, -0.2) is 0 Å². The first-order valence-corrected chi connectivity index (χ1v) is 29.8. The van der Waals surface area contributed by atoms with Crippen LogP contribution in [-0.4, -0.2) is 11.8 Å². The zero-order valence-electron chi connectivity index (χ0n) is 50.4. The number of hydrogen-bond acceptors (Lipinski definition) is 3. The Balaban J connectivity index is 0.956. The second-order valence-corrected chi connectivity index (χ2v) is 28.7. The normalized spacial score (nSPS) is 14.1. The number of rotatable bonds is 7. The molecule has 2 aliphatic rings. The summed E-state index contributed by atoms with van der Waals surface area (Å²) in [4.78, 5) is 0. The van der Waals surface area contributed by atoms with Crippen LogP contribution in [0.1, 0.15) is 153 Å². The lowest BCUT2D eigenvalue weighted by Crippen LogP contribution is -2.36. The Bertz CT molecular complexity index is 4510. The summed E-state index contributed by atoms with van der Waals surface area (Å²) in [5.74, 6) is 0.194. The van der Waals surface area contributed by atoms with E-state index in [0.717, 1.165) is 67.6 Å². The summed E-state index contributed by atoms with van der Waals surface area (Å²) in [6, 6.07) is 65.0. The molecule has 0 spiro atoms. The molecule has 0 bridgehead atoms. The van der Waals surface area contributed by atoms with E-state index >= 15 is 0 Å². The molecule has 0 saturated carbocycles. The highest BCUT2D eigenvalue weighted by molar-refractivity contribution is 6.73. The van der Waals surface area contributed by atoms with Crippen molar-refractivity contribution in [1.82, 2.24) is 4.57 Å². The number of para-hydroxylation sites is 1. The smallest absolute Gasteiger partial charge is 0.244 e. The van der Waals surface area contributed by atoms with Crippen LogP contribution in [0.15, 0.2) is 179 Å². The Morgan fingerprint density at radius 1 is 0.463 bits per heavy atom. The van der Waals surface area contributed by atoms with Crippen molar-refractivity contribution in [2.24, 2.45) is 0 Å². The Morgan fingerprint density at radius 3 is 1.70 bits per heavy atom. The van der Waals surface area contributed by atoms with Gasteiger partial charge in [0, 0.05) is 66.8 Å². The summed E-state index contributed by atoms with van der Waals surface area (Å²) in [5.41, 5.74) is 27.5. The number of nitrogens with zero attached hydrogens (tertiary/aromatic N) is 1. The van der Waals surface area contributed by atoms with Crippen LogP contribution >= 0.6 is 0 Å². The average Bonchev–Trinajstić information content (AvgIpc) is 2.51. The highest BCUT2D eigenvalue weighted by Crippen LogP contribution is 2.53. The second-order valence-electron chi connectivity index (χ2n) is 28.7. The van der Waals surface area contributed by atoms with Crippen LogP contribution in [0.25, 0.3) is 82.7 Å². The third kappa shape index (κ3) is 8.39. The van der Waals surface area contributed by atoms with Gasteiger partial charge in [-0.05, 0) is 149 Å². The summed E-state index contributed by atoms with van der Waals surface area (Å²) < 4.78 is 16.2. The molecule has 3 aromatic heterocycles. The van der Waals surface area contributed by atoms with Crippen molar-refractivity contribution < 1.29 is 8.83 Å². The minimum absolute atomic E-state index is 0.0361. The van der Waals surface area contributed by atoms with Gasteiger partial charge in [-0.1, -0.05) is 212 Å². The Labute approximate surface area is 484 Å². The van der Waals surface area contributed by atoms with Crippen LogP contribution in [-0.2, 0) is 33.5 Å². The summed E-state index contributed by atoms with van der Waals surface area (Å²) in [6.07, 6.45) is 0.895. The lowest BCUT2D eigenvalue weighted by atomic mass is 9.62. The molecule has 0 amide bonds. The van der Waals surface area contributed by atoms with Gasteiger partial charge in [0.1, 0.15) is 16.7 Å². The maximum Gasteiger partial charge on any atom is 0.244 e. The fourth-order valence-corrected chi connectivity index (χ4v) is 13.8. The van der Waals surface area contributed by atoms with E-state index in [0.29, 0.717) is 7.28 Å². The van der Waals surface area contributed by atoms with Crippen molar-refractivity contribution in [3.05, 3.63) is 220 Å². The van der Waals surface area contributed by atoms with Gasteiger partial charge in [0.15, 0.2) is 0 Å². The zero-order chi connectivity index (χ0) is 57.2. The Morgan fingerprint density at radius 2 is 1.05 bits per heavy atom. The van der Waals surface area contributed by atoms with E-state index in [9.17, 15) is 0 Å². The molecule has 0 saturated heterocycles. The maximum absolute atomic E-state index is 7.08. The van der Waals surface area contributed by atoms with Gasteiger partial charge in [-0.15, -0.1) is 0 Å². The molecule has 1 N–H and O–H groups in total. The topological polar surface area (TPSA) is 43.2 Å². The second kappa shape index (κ2) is 18.0. The van der Waals surface area contributed by atoms with Crippen LogP contribution in [0.2, 0.25) is 0 Å². The number of furan rings is 2. The summed E-state index contributed by atoms with van der Waals surface area (Å²) in [5, 5.41) is 9.90. The first kappa shape index (κ1) is 52.1. The molecule has 0 fully saturated rings. The lowest BCUT2D eigenvalue weighted by molar-refractivity contribution is 0.589. The molecule has 12 aromatic rings. The molecule has 4 nitrogen and oxygen atoms in total. The third-order valence-corrected chi connectivity index (χ3v) is 18.7. The van der Waals surface area contributed by atoms with Gasteiger partial charge in [-0.3, -0.25) is 0 Å². The van der Waals surface area contributed by atoms with Crippen molar-refractivity contribution in [3.8, 4) is 27.9 Å². The van der Waals surface area contributed by atoms with Gasteiger partial charge in [0.25, 0.3) is 0 Å². The number of aromatic nitrogens is 1. The molecule has 5 heteroatoms. The molecular weight excluding hydrogens is 996 g/mol. The van der Waals surface area contributed by atoms with Gasteiger partial charge >= 0.3 is 0 Å². The fourth-order valence-electron chi connectivity index (χ4n) is 13.8. The van der Waals surface area contributed by atoms with E-state index in [4.69, 9.17) is 8.83 Å². The quantitative estimate of drug-likeness (QED) is 0.162. The van der Waals surface area contributed by atoms with E-state index in [1.54, 1.807) is 0 Å². The van der Waals surface area contributed by atoms with E-state index in [-0.39, 0.29) is 33.0 Å². The lowest BCUT2D eigenvalue weighted by Gasteiger charge is -2.26. The van der Waals surface area contributed by atoms with E-state index in [1.807, 2.05) is 0 Å². The first-order chi connectivity index (χ1) is 38.9. The number of hydrogen-bond donors (Lipinski definition) is 1. The zero-order valence-corrected chi connectivity index (χ0v) is 50.4. The van der Waals surface area contributed by atoms with E-state index in [2.05, 4.69) is 277 Å². The third-order valence-electron chi connectivity index (χ3n) is 18.7. The Hall–Kier alpha value is -8.02. The highest BCUT2D eigenvalue weighted by Gasteiger charge is 2.39. The summed E-state index contributed by atoms with van der Waals surface area (Å²) in [7, 11) is 0.651. The van der Waals surface area contributed by atoms with E-state index < -0.39 is 0 Å².